The van der Waals surface area contributed by atoms with Crippen molar-refractivity contribution in [3.05, 3.63) is 43.1 Å². The Morgan fingerprint density at radius 2 is 2.16 bits per heavy atom. The van der Waals surface area contributed by atoms with Gasteiger partial charge in [0.15, 0.2) is 0 Å². The van der Waals surface area contributed by atoms with Gasteiger partial charge < -0.3 is 0 Å². The third kappa shape index (κ3) is 3.90. The average Bonchev–Trinajstić information content (AvgIpc) is 2.77. The van der Waals surface area contributed by atoms with E-state index in [1.165, 1.54) is 6.08 Å². The molecule has 1 aromatic heterocycles. The number of hydrogen-bond acceptors (Lipinski definition) is 3. The number of hydrogen-bond donors (Lipinski definition) is 1. The lowest BCUT2D eigenvalue weighted by atomic mass is 10.3. The van der Waals surface area contributed by atoms with Crippen molar-refractivity contribution in [3.63, 3.8) is 0 Å². The molecule has 1 heterocycles. The smallest absolute Gasteiger partial charge is 0.215 e. The van der Waals surface area contributed by atoms with Crippen LogP contribution in [0.15, 0.2) is 43.1 Å². The first-order valence-corrected chi connectivity index (χ1v) is 7.76. The maximum atomic E-state index is 11.4. The second kappa shape index (κ2) is 5.99. The van der Waals surface area contributed by atoms with Gasteiger partial charge in [-0.25, -0.2) is 13.1 Å². The molecule has 5 nitrogen and oxygen atoms in total. The summed E-state index contributed by atoms with van der Waals surface area (Å²) in [5, 5.41) is 5.50. The SMILES string of the molecule is C=CCS(=O)(=O)NCCCn1cc2ccccc2n1. The molecule has 2 rings (SSSR count). The van der Waals surface area contributed by atoms with Gasteiger partial charge in [0.1, 0.15) is 0 Å². The van der Waals surface area contributed by atoms with Crippen LogP contribution in [0, 0.1) is 0 Å². The molecule has 2 aromatic rings. The molecule has 0 atom stereocenters. The number of benzene rings is 1. The van der Waals surface area contributed by atoms with Crippen LogP contribution < -0.4 is 4.72 Å². The summed E-state index contributed by atoms with van der Waals surface area (Å²) in [6.45, 7) is 4.51. The van der Waals surface area contributed by atoms with E-state index in [2.05, 4.69) is 16.4 Å². The molecule has 6 heteroatoms. The molecule has 0 amide bonds. The number of nitrogens with one attached hydrogen (secondary N) is 1. The molecule has 0 radical (unpaired) electrons. The van der Waals surface area contributed by atoms with E-state index in [-0.39, 0.29) is 5.75 Å². The molecule has 0 aliphatic carbocycles. The van der Waals surface area contributed by atoms with Gasteiger partial charge in [0.25, 0.3) is 0 Å². The molecule has 0 unspecified atom stereocenters. The van der Waals surface area contributed by atoms with Crippen molar-refractivity contribution in [1.82, 2.24) is 14.5 Å². The average molecular weight is 279 g/mol. The van der Waals surface area contributed by atoms with E-state index in [1.807, 2.05) is 35.1 Å². The predicted molar refractivity (Wildman–Crippen MR) is 76.3 cm³/mol. The second-order valence-electron chi connectivity index (χ2n) is 4.27. The third-order valence-electron chi connectivity index (χ3n) is 2.68. The first-order valence-electron chi connectivity index (χ1n) is 6.11. The third-order valence-corrected chi connectivity index (χ3v) is 4.00. The van der Waals surface area contributed by atoms with Gasteiger partial charge in [0, 0.05) is 24.7 Å². The van der Waals surface area contributed by atoms with Crippen LogP contribution in [0.4, 0.5) is 0 Å². The van der Waals surface area contributed by atoms with Crippen LogP contribution >= 0.6 is 0 Å². The van der Waals surface area contributed by atoms with Crippen molar-refractivity contribution >= 4 is 20.9 Å². The first-order chi connectivity index (χ1) is 9.11. The summed E-state index contributed by atoms with van der Waals surface area (Å²) in [5.74, 6) is -0.0430. The van der Waals surface area contributed by atoms with E-state index in [1.54, 1.807) is 0 Å². The molecule has 102 valence electrons. The van der Waals surface area contributed by atoms with E-state index >= 15 is 0 Å². The lowest BCUT2D eigenvalue weighted by Gasteiger charge is -2.04. The van der Waals surface area contributed by atoms with Crippen LogP contribution in [0.25, 0.3) is 10.9 Å². The van der Waals surface area contributed by atoms with Crippen molar-refractivity contribution in [1.29, 1.82) is 0 Å². The Labute approximate surface area is 113 Å². The Morgan fingerprint density at radius 3 is 2.89 bits per heavy atom. The molecule has 0 aliphatic rings. The first kappa shape index (κ1) is 13.8. The summed E-state index contributed by atoms with van der Waals surface area (Å²) >= 11 is 0. The maximum Gasteiger partial charge on any atom is 0.215 e. The zero-order valence-electron chi connectivity index (χ0n) is 10.6. The van der Waals surface area contributed by atoms with Crippen molar-refractivity contribution in [2.45, 2.75) is 13.0 Å². The summed E-state index contributed by atoms with van der Waals surface area (Å²) in [5.41, 5.74) is 0.953. The van der Waals surface area contributed by atoms with E-state index in [0.29, 0.717) is 19.5 Å². The van der Waals surface area contributed by atoms with Crippen LogP contribution in [0.5, 0.6) is 0 Å². The molecule has 0 fully saturated rings. The normalized spacial score (nSPS) is 11.8. The molecule has 0 saturated heterocycles. The fourth-order valence-electron chi connectivity index (χ4n) is 1.81. The van der Waals surface area contributed by atoms with Crippen molar-refractivity contribution in [2.24, 2.45) is 0 Å². The van der Waals surface area contributed by atoms with Crippen molar-refractivity contribution < 1.29 is 8.42 Å². The molecule has 0 saturated carbocycles. The minimum Gasteiger partial charge on any atom is -0.271 e. The van der Waals surface area contributed by atoms with Crippen LogP contribution in [0.2, 0.25) is 0 Å². The van der Waals surface area contributed by atoms with Gasteiger partial charge >= 0.3 is 0 Å². The van der Waals surface area contributed by atoms with Crippen molar-refractivity contribution in [2.75, 3.05) is 12.3 Å². The van der Waals surface area contributed by atoms with Gasteiger partial charge in [0.05, 0.1) is 11.3 Å². The Balaban J connectivity index is 1.84. The van der Waals surface area contributed by atoms with Gasteiger partial charge in [-0.1, -0.05) is 24.3 Å². The quantitative estimate of drug-likeness (QED) is 0.617. The topological polar surface area (TPSA) is 64.0 Å². The largest absolute Gasteiger partial charge is 0.271 e. The van der Waals surface area contributed by atoms with E-state index in [9.17, 15) is 8.42 Å². The van der Waals surface area contributed by atoms with Gasteiger partial charge in [-0.2, -0.15) is 5.10 Å². The second-order valence-corrected chi connectivity index (χ2v) is 6.12. The van der Waals surface area contributed by atoms with Gasteiger partial charge in [-0.15, -0.1) is 6.58 Å². The molecule has 0 spiro atoms. The van der Waals surface area contributed by atoms with E-state index < -0.39 is 10.0 Å². The summed E-state index contributed by atoms with van der Waals surface area (Å²) in [4.78, 5) is 0. The molecule has 0 aliphatic heterocycles. The maximum absolute atomic E-state index is 11.4. The molecule has 19 heavy (non-hydrogen) atoms. The van der Waals surface area contributed by atoms with Crippen LogP contribution in [-0.4, -0.2) is 30.5 Å². The standard InChI is InChI=1S/C13H17N3O2S/c1-2-10-19(17,18)14-8-5-9-16-11-12-6-3-4-7-13(12)15-16/h2-4,6-7,11,14H,1,5,8-10H2. The Kier molecular flexibility index (Phi) is 4.34. The zero-order chi connectivity index (χ0) is 13.7. The minimum absolute atomic E-state index is 0.0430. The van der Waals surface area contributed by atoms with Crippen LogP contribution in [-0.2, 0) is 16.6 Å². The predicted octanol–water partition coefficient (Wildman–Crippen LogP) is 1.53. The summed E-state index contributed by atoms with van der Waals surface area (Å²) in [6.07, 6.45) is 4.04. The number of fused-ring (bicyclic) bond motifs is 1. The zero-order valence-corrected chi connectivity index (χ0v) is 11.4. The summed E-state index contributed by atoms with van der Waals surface area (Å²) in [7, 11) is -3.21. The lowest BCUT2D eigenvalue weighted by Crippen LogP contribution is -2.27. The van der Waals surface area contributed by atoms with Crippen LogP contribution in [0.1, 0.15) is 6.42 Å². The van der Waals surface area contributed by atoms with Gasteiger partial charge in [-0.05, 0) is 12.5 Å². The highest BCUT2D eigenvalue weighted by atomic mass is 32.2. The Morgan fingerprint density at radius 1 is 1.37 bits per heavy atom. The number of nitrogens with zero attached hydrogens (tertiary/aromatic N) is 2. The molecule has 1 N–H and O–H groups in total. The number of rotatable bonds is 7. The molecule has 0 bridgehead atoms. The van der Waals surface area contributed by atoms with Gasteiger partial charge in [-0.3, -0.25) is 4.68 Å². The van der Waals surface area contributed by atoms with Crippen LogP contribution in [0.3, 0.4) is 0 Å². The highest BCUT2D eigenvalue weighted by Crippen LogP contribution is 2.10. The van der Waals surface area contributed by atoms with Gasteiger partial charge in [0.2, 0.25) is 10.0 Å². The Hall–Kier alpha value is -1.66. The minimum atomic E-state index is -3.21. The fourth-order valence-corrected chi connectivity index (χ4v) is 2.70. The van der Waals surface area contributed by atoms with E-state index in [0.717, 1.165) is 10.9 Å². The molecule has 1 aromatic carbocycles. The Bertz CT molecular complexity index is 628. The monoisotopic (exact) mass is 279 g/mol. The molecular formula is C13H17N3O2S. The highest BCUT2D eigenvalue weighted by Gasteiger charge is 2.06. The van der Waals surface area contributed by atoms with Crippen molar-refractivity contribution in [3.8, 4) is 0 Å². The number of aromatic nitrogens is 2. The highest BCUT2D eigenvalue weighted by molar-refractivity contribution is 7.89. The lowest BCUT2D eigenvalue weighted by molar-refractivity contribution is 0.557. The number of aryl methyl sites for hydroxylation is 1. The summed E-state index contributed by atoms with van der Waals surface area (Å²) in [6, 6.07) is 7.88. The van der Waals surface area contributed by atoms with E-state index in [4.69, 9.17) is 0 Å². The molecular weight excluding hydrogens is 262 g/mol. The number of sulfonamides is 1. The fraction of sp³-hybridized carbons (Fsp3) is 0.308. The summed E-state index contributed by atoms with van der Waals surface area (Å²) < 4.78 is 27.1.